The Morgan fingerprint density at radius 3 is 2.12 bits per heavy atom. The van der Waals surface area contributed by atoms with Crippen molar-refractivity contribution in [2.24, 2.45) is 0 Å². The molecule has 1 unspecified atom stereocenters. The van der Waals surface area contributed by atoms with Gasteiger partial charge in [0.25, 0.3) is 8.05 Å². The summed E-state index contributed by atoms with van der Waals surface area (Å²) in [5.74, 6) is 0. The van der Waals surface area contributed by atoms with Crippen LogP contribution in [0, 0.1) is 0 Å². The standard InChI is InChI=1S/C3H7BO3S/c1-3(2,7-4)8(5)6/h1-2H3,(H,5,6)/p-1. The number of rotatable bonds is 2. The van der Waals surface area contributed by atoms with Crippen LogP contribution in [0.5, 0.6) is 0 Å². The molecule has 5 heteroatoms. The van der Waals surface area contributed by atoms with Crippen LogP contribution in [-0.4, -0.2) is 21.7 Å². The van der Waals surface area contributed by atoms with E-state index in [0.717, 1.165) is 0 Å². The molecular weight excluding hydrogens is 127 g/mol. The molecule has 0 fully saturated rings. The fraction of sp³-hybridized carbons (Fsp3) is 1.00. The molecule has 46 valence electrons. The first-order chi connectivity index (χ1) is 3.50. The fourth-order valence-corrected chi connectivity index (χ4v) is 0.118. The van der Waals surface area contributed by atoms with E-state index in [1.807, 2.05) is 0 Å². The normalized spacial score (nSPS) is 15.9. The molecule has 0 rings (SSSR count). The average Bonchev–Trinajstić information content (AvgIpc) is 1.67. The molecule has 0 N–H and O–H groups in total. The van der Waals surface area contributed by atoms with E-state index in [1.165, 1.54) is 13.8 Å². The van der Waals surface area contributed by atoms with Gasteiger partial charge in [0.1, 0.15) is 4.93 Å². The molecule has 2 radical (unpaired) electrons. The third-order valence-electron chi connectivity index (χ3n) is 0.685. The van der Waals surface area contributed by atoms with Gasteiger partial charge in [0.05, 0.1) is 0 Å². The van der Waals surface area contributed by atoms with Gasteiger partial charge in [0.15, 0.2) is 0 Å². The van der Waals surface area contributed by atoms with Gasteiger partial charge in [0, 0.05) is 0 Å². The first kappa shape index (κ1) is 8.13. The van der Waals surface area contributed by atoms with E-state index < -0.39 is 16.0 Å². The minimum absolute atomic E-state index is 1.26. The lowest BCUT2D eigenvalue weighted by molar-refractivity contribution is 0.207. The van der Waals surface area contributed by atoms with Crippen molar-refractivity contribution in [2.75, 3.05) is 0 Å². The lowest BCUT2D eigenvalue weighted by Gasteiger charge is -2.25. The smallest absolute Gasteiger partial charge is 0.284 e. The maximum absolute atomic E-state index is 10.0. The van der Waals surface area contributed by atoms with Gasteiger partial charge in [0.2, 0.25) is 0 Å². The minimum Gasteiger partial charge on any atom is -0.770 e. The Kier molecular flexibility index (Phi) is 2.66. The van der Waals surface area contributed by atoms with Crippen molar-refractivity contribution < 1.29 is 13.4 Å². The van der Waals surface area contributed by atoms with E-state index in [9.17, 15) is 8.76 Å². The monoisotopic (exact) mass is 133 g/mol. The highest BCUT2D eigenvalue weighted by molar-refractivity contribution is 7.80. The van der Waals surface area contributed by atoms with Gasteiger partial charge >= 0.3 is 0 Å². The third-order valence-corrected chi connectivity index (χ3v) is 1.58. The second kappa shape index (κ2) is 2.61. The summed E-state index contributed by atoms with van der Waals surface area (Å²) in [4.78, 5) is -1.26. The first-order valence-electron chi connectivity index (χ1n) is 1.98. The Hall–Kier alpha value is 0.135. The zero-order valence-electron chi connectivity index (χ0n) is 4.71. The molecule has 0 aromatic carbocycles. The predicted molar refractivity (Wildman–Crippen MR) is 29.8 cm³/mol. The third kappa shape index (κ3) is 1.94. The molecule has 0 heterocycles. The van der Waals surface area contributed by atoms with Crippen LogP contribution < -0.4 is 0 Å². The molecule has 0 aliphatic rings. The molecule has 0 spiro atoms. The number of hydrogen-bond acceptors (Lipinski definition) is 3. The summed E-state index contributed by atoms with van der Waals surface area (Å²) >= 11 is -2.27. The van der Waals surface area contributed by atoms with Crippen LogP contribution in [0.3, 0.4) is 0 Å². The van der Waals surface area contributed by atoms with E-state index in [2.05, 4.69) is 12.7 Å². The van der Waals surface area contributed by atoms with E-state index >= 15 is 0 Å². The molecule has 0 aromatic heterocycles. The van der Waals surface area contributed by atoms with Crippen LogP contribution in [0.15, 0.2) is 0 Å². The predicted octanol–water partition coefficient (Wildman–Crippen LogP) is -0.298. The van der Waals surface area contributed by atoms with E-state index in [0.29, 0.717) is 0 Å². The van der Waals surface area contributed by atoms with Gasteiger partial charge in [-0.3, -0.25) is 4.21 Å². The lowest BCUT2D eigenvalue weighted by atomic mass is 10.4. The molecular formula is C3H6BO3S-. The Bertz CT molecular complexity index is 103. The molecule has 0 saturated heterocycles. The van der Waals surface area contributed by atoms with E-state index in [1.54, 1.807) is 0 Å². The van der Waals surface area contributed by atoms with Crippen molar-refractivity contribution in [3.63, 3.8) is 0 Å². The zero-order chi connectivity index (χ0) is 6.78. The Labute approximate surface area is 52.1 Å². The molecule has 0 amide bonds. The molecule has 0 saturated carbocycles. The van der Waals surface area contributed by atoms with Crippen LogP contribution in [0.2, 0.25) is 0 Å². The van der Waals surface area contributed by atoms with Crippen LogP contribution in [0.25, 0.3) is 0 Å². The van der Waals surface area contributed by atoms with Crippen LogP contribution in [0.1, 0.15) is 13.8 Å². The van der Waals surface area contributed by atoms with Crippen molar-refractivity contribution in [2.45, 2.75) is 18.8 Å². The molecule has 1 atom stereocenters. The average molecular weight is 133 g/mol. The van der Waals surface area contributed by atoms with Gasteiger partial charge in [-0.15, -0.1) is 0 Å². The summed E-state index contributed by atoms with van der Waals surface area (Å²) in [7, 11) is 4.61. The summed E-state index contributed by atoms with van der Waals surface area (Å²) in [5.41, 5.74) is 0. The number of hydrogen-bond donors (Lipinski definition) is 0. The first-order valence-corrected chi connectivity index (χ1v) is 3.05. The molecule has 0 aromatic rings. The van der Waals surface area contributed by atoms with Gasteiger partial charge in [-0.2, -0.15) is 0 Å². The maximum atomic E-state index is 10.0. The summed E-state index contributed by atoms with van der Waals surface area (Å²) in [5, 5.41) is 0. The molecule has 0 aliphatic carbocycles. The Balaban J connectivity index is 3.91. The van der Waals surface area contributed by atoms with Crippen LogP contribution in [0.4, 0.5) is 0 Å². The molecule has 0 aliphatic heterocycles. The van der Waals surface area contributed by atoms with E-state index in [-0.39, 0.29) is 0 Å². The van der Waals surface area contributed by atoms with Crippen molar-refractivity contribution in [3.05, 3.63) is 0 Å². The Morgan fingerprint density at radius 2 is 2.12 bits per heavy atom. The molecule has 0 bridgehead atoms. The van der Waals surface area contributed by atoms with Crippen LogP contribution in [-0.2, 0) is 15.7 Å². The summed E-state index contributed by atoms with van der Waals surface area (Å²) < 4.78 is 24.2. The molecule has 8 heavy (non-hydrogen) atoms. The quantitative estimate of drug-likeness (QED) is 0.383. The topological polar surface area (TPSA) is 49.4 Å². The van der Waals surface area contributed by atoms with Gasteiger partial charge < -0.3 is 9.21 Å². The van der Waals surface area contributed by atoms with Gasteiger partial charge in [-0.1, -0.05) is 0 Å². The second-order valence-corrected chi connectivity index (χ2v) is 3.20. The minimum atomic E-state index is -2.27. The fourth-order valence-electron chi connectivity index (χ4n) is 0.0393. The highest BCUT2D eigenvalue weighted by atomic mass is 32.2. The van der Waals surface area contributed by atoms with Crippen molar-refractivity contribution in [1.29, 1.82) is 0 Å². The van der Waals surface area contributed by atoms with Crippen molar-refractivity contribution in [1.82, 2.24) is 0 Å². The van der Waals surface area contributed by atoms with Gasteiger partial charge in [-0.25, -0.2) is 0 Å². The highest BCUT2D eigenvalue weighted by Gasteiger charge is 2.14. The SMILES string of the molecule is [B]OC(C)(C)S(=O)[O-]. The van der Waals surface area contributed by atoms with E-state index in [4.69, 9.17) is 0 Å². The highest BCUT2D eigenvalue weighted by Crippen LogP contribution is 2.09. The summed E-state index contributed by atoms with van der Waals surface area (Å²) in [6, 6.07) is 0. The summed E-state index contributed by atoms with van der Waals surface area (Å²) in [6.07, 6.45) is 0. The second-order valence-electron chi connectivity index (χ2n) is 1.75. The maximum Gasteiger partial charge on any atom is 0.284 e. The zero-order valence-corrected chi connectivity index (χ0v) is 5.53. The van der Waals surface area contributed by atoms with Gasteiger partial charge in [-0.05, 0) is 24.9 Å². The van der Waals surface area contributed by atoms with Crippen molar-refractivity contribution in [3.8, 4) is 0 Å². The largest absolute Gasteiger partial charge is 0.770 e. The summed E-state index contributed by atoms with van der Waals surface area (Å²) in [6.45, 7) is 2.71. The molecule has 3 nitrogen and oxygen atoms in total. The van der Waals surface area contributed by atoms with Crippen molar-refractivity contribution >= 4 is 19.1 Å². The lowest BCUT2D eigenvalue weighted by Crippen LogP contribution is -2.28. The van der Waals surface area contributed by atoms with Crippen LogP contribution >= 0.6 is 0 Å². The Morgan fingerprint density at radius 1 is 1.75 bits per heavy atom.